The number of halogens is 1. The maximum absolute atomic E-state index is 13.6. The number of amides is 2. The number of sulfonamides is 1. The first-order valence-corrected chi connectivity index (χ1v) is 13.7. The Bertz CT molecular complexity index is 1070. The van der Waals surface area contributed by atoms with E-state index in [-0.39, 0.29) is 12.5 Å². The van der Waals surface area contributed by atoms with Crippen molar-refractivity contribution in [2.24, 2.45) is 0 Å². The van der Waals surface area contributed by atoms with E-state index in [1.165, 1.54) is 4.90 Å². The zero-order valence-corrected chi connectivity index (χ0v) is 21.8. The number of hydrogen-bond donors (Lipinski definition) is 1. The second-order valence-electron chi connectivity index (χ2n) is 8.33. The van der Waals surface area contributed by atoms with Gasteiger partial charge in [-0.2, -0.15) is 0 Å². The molecule has 0 unspecified atom stereocenters. The fraction of sp³-hybridized carbons (Fsp3) is 0.440. The van der Waals surface area contributed by atoms with Gasteiger partial charge in [0, 0.05) is 18.1 Å². The minimum absolute atomic E-state index is 0.193. The van der Waals surface area contributed by atoms with Gasteiger partial charge >= 0.3 is 0 Å². The Labute approximate surface area is 208 Å². The molecule has 1 atom stereocenters. The fourth-order valence-electron chi connectivity index (χ4n) is 3.65. The summed E-state index contributed by atoms with van der Waals surface area (Å²) in [6.45, 7) is 6.13. The maximum atomic E-state index is 13.6. The van der Waals surface area contributed by atoms with Crippen LogP contribution in [0.15, 0.2) is 48.5 Å². The van der Waals surface area contributed by atoms with Gasteiger partial charge in [-0.1, -0.05) is 61.7 Å². The predicted molar refractivity (Wildman–Crippen MR) is 137 cm³/mol. The van der Waals surface area contributed by atoms with Crippen LogP contribution in [0.5, 0.6) is 0 Å². The first-order chi connectivity index (χ1) is 16.1. The standard InChI is InChI=1S/C25H34ClN3O4S/c1-5-7-15-27-25(31)23(6-2)28(17-20-10-8-9-19(3)16-20)24(30)18-29(34(4,32)33)22-13-11-21(26)12-14-22/h8-14,16,23H,5-7,15,17-18H2,1-4H3,(H,27,31)/t23-/m1/s1. The molecule has 7 nitrogen and oxygen atoms in total. The zero-order valence-electron chi connectivity index (χ0n) is 20.3. The van der Waals surface area contributed by atoms with E-state index in [4.69, 9.17) is 11.6 Å². The minimum Gasteiger partial charge on any atom is -0.354 e. The molecule has 1 N–H and O–H groups in total. The monoisotopic (exact) mass is 507 g/mol. The normalized spacial score (nSPS) is 12.1. The van der Waals surface area contributed by atoms with Crippen molar-refractivity contribution < 1.29 is 18.0 Å². The molecule has 186 valence electrons. The molecule has 2 aromatic rings. The van der Waals surface area contributed by atoms with E-state index >= 15 is 0 Å². The lowest BCUT2D eigenvalue weighted by Gasteiger charge is -2.33. The number of rotatable bonds is 12. The summed E-state index contributed by atoms with van der Waals surface area (Å²) >= 11 is 5.95. The Morgan fingerprint density at radius 3 is 2.32 bits per heavy atom. The van der Waals surface area contributed by atoms with E-state index in [1.807, 2.05) is 45.0 Å². The smallest absolute Gasteiger partial charge is 0.244 e. The third kappa shape index (κ3) is 8.02. The number of benzene rings is 2. The maximum Gasteiger partial charge on any atom is 0.244 e. The Hall–Kier alpha value is -2.58. The lowest BCUT2D eigenvalue weighted by molar-refractivity contribution is -0.140. The van der Waals surface area contributed by atoms with E-state index in [0.717, 1.165) is 34.5 Å². The van der Waals surface area contributed by atoms with E-state index in [1.54, 1.807) is 24.3 Å². The lowest BCUT2D eigenvalue weighted by atomic mass is 10.1. The summed E-state index contributed by atoms with van der Waals surface area (Å²) < 4.78 is 26.2. The van der Waals surface area contributed by atoms with Crippen LogP contribution in [-0.2, 0) is 26.2 Å². The second-order valence-corrected chi connectivity index (χ2v) is 10.7. The molecule has 0 saturated heterocycles. The van der Waals surface area contributed by atoms with E-state index in [0.29, 0.717) is 23.7 Å². The Balaban J connectivity index is 2.39. The summed E-state index contributed by atoms with van der Waals surface area (Å²) in [5, 5.41) is 3.37. The van der Waals surface area contributed by atoms with Gasteiger partial charge in [0.15, 0.2) is 0 Å². The molecule has 0 heterocycles. The van der Waals surface area contributed by atoms with Crippen molar-refractivity contribution in [3.05, 3.63) is 64.7 Å². The zero-order chi connectivity index (χ0) is 25.3. The topological polar surface area (TPSA) is 86.8 Å². The molecule has 0 bridgehead atoms. The van der Waals surface area contributed by atoms with E-state index in [2.05, 4.69) is 5.32 Å². The SMILES string of the molecule is CCCCNC(=O)[C@@H](CC)N(Cc1cccc(C)c1)C(=O)CN(c1ccc(Cl)cc1)S(C)(=O)=O. The molecule has 0 aliphatic heterocycles. The number of aryl methyl sites for hydroxylation is 1. The molecule has 0 radical (unpaired) electrons. The number of nitrogens with zero attached hydrogens (tertiary/aromatic N) is 2. The third-order valence-corrected chi connectivity index (χ3v) is 6.84. The van der Waals surface area contributed by atoms with Gasteiger partial charge in [0.1, 0.15) is 12.6 Å². The summed E-state index contributed by atoms with van der Waals surface area (Å²) in [5.41, 5.74) is 2.23. The van der Waals surface area contributed by atoms with Gasteiger partial charge in [-0.3, -0.25) is 13.9 Å². The van der Waals surface area contributed by atoms with Crippen LogP contribution in [0.25, 0.3) is 0 Å². The molecule has 34 heavy (non-hydrogen) atoms. The Kier molecular flexibility index (Phi) is 10.4. The summed E-state index contributed by atoms with van der Waals surface area (Å²) in [5.74, 6) is -0.700. The van der Waals surface area contributed by atoms with Crippen molar-refractivity contribution in [1.29, 1.82) is 0 Å². The highest BCUT2D eigenvalue weighted by molar-refractivity contribution is 7.92. The summed E-state index contributed by atoms with van der Waals surface area (Å²) in [6, 6.07) is 13.2. The van der Waals surface area contributed by atoms with Gasteiger partial charge in [0.2, 0.25) is 21.8 Å². The van der Waals surface area contributed by atoms with Gasteiger partial charge in [0.05, 0.1) is 11.9 Å². The fourth-order valence-corrected chi connectivity index (χ4v) is 4.63. The van der Waals surface area contributed by atoms with Crippen molar-refractivity contribution >= 4 is 39.1 Å². The predicted octanol–water partition coefficient (Wildman–Crippen LogP) is 4.14. The molecule has 9 heteroatoms. The van der Waals surface area contributed by atoms with Crippen molar-refractivity contribution in [2.45, 2.75) is 52.6 Å². The van der Waals surface area contributed by atoms with Crippen LogP contribution in [0.1, 0.15) is 44.2 Å². The molecule has 0 saturated carbocycles. The average molecular weight is 508 g/mol. The molecule has 0 spiro atoms. The van der Waals surface area contributed by atoms with Crippen LogP contribution in [0, 0.1) is 6.92 Å². The molecule has 0 aliphatic carbocycles. The van der Waals surface area contributed by atoms with Crippen molar-refractivity contribution in [3.63, 3.8) is 0 Å². The highest BCUT2D eigenvalue weighted by Crippen LogP contribution is 2.22. The average Bonchev–Trinajstić information content (AvgIpc) is 2.77. The summed E-state index contributed by atoms with van der Waals surface area (Å²) in [4.78, 5) is 28.0. The highest BCUT2D eigenvalue weighted by atomic mass is 35.5. The molecule has 2 aromatic carbocycles. The molecule has 2 rings (SSSR count). The molecule has 0 aliphatic rings. The van der Waals surface area contributed by atoms with Gasteiger partial charge in [0.25, 0.3) is 0 Å². The molecule has 0 fully saturated rings. The van der Waals surface area contributed by atoms with Crippen LogP contribution in [0.3, 0.4) is 0 Å². The largest absolute Gasteiger partial charge is 0.354 e. The van der Waals surface area contributed by atoms with Crippen LogP contribution in [-0.4, -0.2) is 50.5 Å². The van der Waals surface area contributed by atoms with Gasteiger partial charge in [-0.15, -0.1) is 0 Å². The Morgan fingerprint density at radius 1 is 1.09 bits per heavy atom. The molecule has 2 amide bonds. The van der Waals surface area contributed by atoms with E-state index < -0.39 is 28.5 Å². The minimum atomic E-state index is -3.77. The summed E-state index contributed by atoms with van der Waals surface area (Å²) in [6.07, 6.45) is 3.23. The first-order valence-electron chi connectivity index (χ1n) is 11.4. The van der Waals surface area contributed by atoms with Crippen molar-refractivity contribution in [2.75, 3.05) is 23.7 Å². The number of carbonyl (C=O) groups excluding carboxylic acids is 2. The second kappa shape index (κ2) is 12.8. The quantitative estimate of drug-likeness (QED) is 0.437. The van der Waals surface area contributed by atoms with Gasteiger partial charge < -0.3 is 10.2 Å². The number of nitrogens with one attached hydrogen (secondary N) is 1. The van der Waals surface area contributed by atoms with Crippen LogP contribution >= 0.6 is 11.6 Å². The number of anilines is 1. The van der Waals surface area contributed by atoms with Gasteiger partial charge in [-0.05, 0) is 49.6 Å². The van der Waals surface area contributed by atoms with E-state index in [9.17, 15) is 18.0 Å². The molecular weight excluding hydrogens is 474 g/mol. The summed E-state index contributed by atoms with van der Waals surface area (Å²) in [7, 11) is -3.77. The highest BCUT2D eigenvalue weighted by Gasteiger charge is 2.31. The van der Waals surface area contributed by atoms with Crippen LogP contribution in [0.4, 0.5) is 5.69 Å². The molecule has 0 aromatic heterocycles. The van der Waals surface area contributed by atoms with Crippen molar-refractivity contribution in [1.82, 2.24) is 10.2 Å². The number of carbonyl (C=O) groups is 2. The molecular formula is C25H34ClN3O4S. The Morgan fingerprint density at radius 2 is 1.76 bits per heavy atom. The number of hydrogen-bond acceptors (Lipinski definition) is 4. The lowest BCUT2D eigenvalue weighted by Crippen LogP contribution is -2.52. The number of unbranched alkanes of at least 4 members (excludes halogenated alkanes) is 1. The van der Waals surface area contributed by atoms with Gasteiger partial charge in [-0.25, -0.2) is 8.42 Å². The van der Waals surface area contributed by atoms with Crippen molar-refractivity contribution in [3.8, 4) is 0 Å². The third-order valence-electron chi connectivity index (χ3n) is 5.44. The van der Waals surface area contributed by atoms with Crippen LogP contribution < -0.4 is 9.62 Å². The first kappa shape index (κ1) is 27.7. The van der Waals surface area contributed by atoms with Crippen LogP contribution in [0.2, 0.25) is 5.02 Å².